The van der Waals surface area contributed by atoms with E-state index in [2.05, 4.69) is 17.4 Å². The van der Waals surface area contributed by atoms with Crippen LogP contribution in [0.15, 0.2) is 64.4 Å². The highest BCUT2D eigenvalue weighted by molar-refractivity contribution is 7.99. The molecule has 0 spiro atoms. The molecule has 28 heavy (non-hydrogen) atoms. The van der Waals surface area contributed by atoms with Crippen LogP contribution in [0, 0.1) is 0 Å². The van der Waals surface area contributed by atoms with Gasteiger partial charge in [-0.25, -0.2) is 8.42 Å². The number of sulfonamides is 1. The lowest BCUT2D eigenvalue weighted by atomic mass is 10.2. The lowest BCUT2D eigenvalue weighted by Gasteiger charge is -2.26. The van der Waals surface area contributed by atoms with Crippen LogP contribution in [0.25, 0.3) is 0 Å². The van der Waals surface area contributed by atoms with Gasteiger partial charge in [0.1, 0.15) is 0 Å². The molecule has 0 unspecified atom stereocenters. The van der Waals surface area contributed by atoms with Crippen LogP contribution in [0.5, 0.6) is 0 Å². The SMILES string of the molecule is O=C(CCCSc1ccccc1)Nc1cccc(S(=O)(=O)N2CCCCC2)c1. The number of piperidine rings is 1. The third-order valence-corrected chi connectivity index (χ3v) is 7.62. The number of thioether (sulfide) groups is 1. The summed E-state index contributed by atoms with van der Waals surface area (Å²) < 4.78 is 27.1. The molecule has 2 aromatic rings. The minimum Gasteiger partial charge on any atom is -0.326 e. The van der Waals surface area contributed by atoms with Crippen molar-refractivity contribution in [3.8, 4) is 0 Å². The Morgan fingerprint density at radius 3 is 2.50 bits per heavy atom. The molecule has 0 aromatic heterocycles. The van der Waals surface area contributed by atoms with Gasteiger partial charge in [0.05, 0.1) is 4.90 Å². The van der Waals surface area contributed by atoms with Crippen molar-refractivity contribution in [1.82, 2.24) is 4.31 Å². The number of hydrogen-bond acceptors (Lipinski definition) is 4. The Morgan fingerprint density at radius 2 is 1.75 bits per heavy atom. The molecule has 5 nitrogen and oxygen atoms in total. The van der Waals surface area contributed by atoms with Crippen molar-refractivity contribution in [2.75, 3.05) is 24.2 Å². The summed E-state index contributed by atoms with van der Waals surface area (Å²) in [5.74, 6) is 0.766. The van der Waals surface area contributed by atoms with Gasteiger partial charge in [-0.3, -0.25) is 4.79 Å². The van der Waals surface area contributed by atoms with Gasteiger partial charge in [0.15, 0.2) is 0 Å². The first-order valence-electron chi connectivity index (χ1n) is 9.64. The Kier molecular flexibility index (Phi) is 7.53. The van der Waals surface area contributed by atoms with E-state index in [4.69, 9.17) is 0 Å². The van der Waals surface area contributed by atoms with Crippen LogP contribution in [0.3, 0.4) is 0 Å². The van der Waals surface area contributed by atoms with Crippen LogP contribution in [0.4, 0.5) is 5.69 Å². The molecule has 3 rings (SSSR count). The van der Waals surface area contributed by atoms with Gasteiger partial charge in [0.25, 0.3) is 0 Å². The summed E-state index contributed by atoms with van der Waals surface area (Å²) in [5, 5.41) is 2.82. The van der Waals surface area contributed by atoms with E-state index in [0.717, 1.165) is 31.4 Å². The van der Waals surface area contributed by atoms with Gasteiger partial charge in [-0.1, -0.05) is 30.7 Å². The van der Waals surface area contributed by atoms with Crippen LogP contribution >= 0.6 is 11.8 Å². The standard InChI is InChI=1S/C21H26N2O3S2/c24-21(13-8-16-27-19-10-3-1-4-11-19)22-18-9-7-12-20(17-18)28(25,26)23-14-5-2-6-15-23/h1,3-4,7,9-12,17H,2,5-6,8,13-16H2,(H,22,24). The first-order valence-corrected chi connectivity index (χ1v) is 12.1. The molecular formula is C21H26N2O3S2. The normalized spacial score (nSPS) is 15.3. The van der Waals surface area contributed by atoms with E-state index in [1.54, 1.807) is 36.0 Å². The second-order valence-corrected chi connectivity index (χ2v) is 9.91. The summed E-state index contributed by atoms with van der Waals surface area (Å²) in [6, 6.07) is 16.6. The zero-order valence-electron chi connectivity index (χ0n) is 15.8. The lowest BCUT2D eigenvalue weighted by molar-refractivity contribution is -0.116. The average Bonchev–Trinajstić information content (AvgIpc) is 2.73. The lowest BCUT2D eigenvalue weighted by Crippen LogP contribution is -2.35. The molecule has 1 aliphatic rings. The van der Waals surface area contributed by atoms with Gasteiger partial charge in [0, 0.05) is 30.1 Å². The van der Waals surface area contributed by atoms with E-state index in [1.807, 2.05) is 18.2 Å². The number of amides is 1. The van der Waals surface area contributed by atoms with E-state index in [9.17, 15) is 13.2 Å². The van der Waals surface area contributed by atoms with E-state index >= 15 is 0 Å². The molecule has 1 saturated heterocycles. The van der Waals surface area contributed by atoms with Crippen molar-refractivity contribution in [3.63, 3.8) is 0 Å². The number of hydrogen-bond donors (Lipinski definition) is 1. The highest BCUT2D eigenvalue weighted by atomic mass is 32.2. The fraction of sp³-hybridized carbons (Fsp3) is 0.381. The predicted octanol–water partition coefficient (Wildman–Crippen LogP) is 4.37. The molecule has 7 heteroatoms. The minimum absolute atomic E-state index is 0.0961. The highest BCUT2D eigenvalue weighted by Gasteiger charge is 2.26. The Bertz CT molecular complexity index is 880. The monoisotopic (exact) mass is 418 g/mol. The number of rotatable bonds is 8. The number of carbonyl (C=O) groups is 1. The van der Waals surface area contributed by atoms with Crippen molar-refractivity contribution in [3.05, 3.63) is 54.6 Å². The van der Waals surface area contributed by atoms with Crippen LogP contribution in [-0.4, -0.2) is 37.5 Å². The van der Waals surface area contributed by atoms with Crippen LogP contribution in [0.2, 0.25) is 0 Å². The van der Waals surface area contributed by atoms with Gasteiger partial charge in [-0.2, -0.15) is 4.31 Å². The van der Waals surface area contributed by atoms with E-state index in [1.165, 1.54) is 9.20 Å². The molecule has 0 radical (unpaired) electrons. The van der Waals surface area contributed by atoms with Crippen molar-refractivity contribution < 1.29 is 13.2 Å². The molecule has 0 atom stereocenters. The Labute approximate surface area is 171 Å². The summed E-state index contributed by atoms with van der Waals surface area (Å²) in [7, 11) is -3.49. The summed E-state index contributed by atoms with van der Waals surface area (Å²) in [6.07, 6.45) is 4.04. The number of nitrogens with zero attached hydrogens (tertiary/aromatic N) is 1. The summed E-state index contributed by atoms with van der Waals surface area (Å²) in [4.78, 5) is 13.6. The summed E-state index contributed by atoms with van der Waals surface area (Å²) in [6.45, 7) is 1.13. The van der Waals surface area contributed by atoms with Gasteiger partial charge in [-0.15, -0.1) is 11.8 Å². The van der Waals surface area contributed by atoms with E-state index in [-0.39, 0.29) is 10.8 Å². The Morgan fingerprint density at radius 1 is 1.00 bits per heavy atom. The predicted molar refractivity (Wildman–Crippen MR) is 114 cm³/mol. The zero-order valence-corrected chi connectivity index (χ0v) is 17.5. The van der Waals surface area contributed by atoms with Gasteiger partial charge in [0.2, 0.25) is 15.9 Å². The molecule has 1 aliphatic heterocycles. The van der Waals surface area contributed by atoms with Crippen molar-refractivity contribution in [2.45, 2.75) is 41.9 Å². The third-order valence-electron chi connectivity index (χ3n) is 4.63. The average molecular weight is 419 g/mol. The van der Waals surface area contributed by atoms with Crippen molar-refractivity contribution in [1.29, 1.82) is 0 Å². The fourth-order valence-electron chi connectivity index (χ4n) is 3.15. The van der Waals surface area contributed by atoms with Crippen LogP contribution < -0.4 is 5.32 Å². The molecule has 1 amide bonds. The molecule has 2 aromatic carbocycles. The maximum Gasteiger partial charge on any atom is 0.243 e. The second kappa shape index (κ2) is 10.1. The highest BCUT2D eigenvalue weighted by Crippen LogP contribution is 2.23. The Hall–Kier alpha value is -1.83. The smallest absolute Gasteiger partial charge is 0.243 e. The summed E-state index contributed by atoms with van der Waals surface area (Å²) in [5.41, 5.74) is 0.527. The van der Waals surface area contributed by atoms with Gasteiger partial charge >= 0.3 is 0 Å². The minimum atomic E-state index is -3.49. The molecule has 150 valence electrons. The van der Waals surface area contributed by atoms with Crippen LogP contribution in [0.1, 0.15) is 32.1 Å². The van der Waals surface area contributed by atoms with Gasteiger partial charge in [-0.05, 0) is 55.3 Å². The maximum absolute atomic E-state index is 12.8. The van der Waals surface area contributed by atoms with Crippen LogP contribution in [-0.2, 0) is 14.8 Å². The molecule has 0 aliphatic carbocycles. The molecule has 1 heterocycles. The number of carbonyl (C=O) groups excluding carboxylic acids is 1. The number of anilines is 1. The fourth-order valence-corrected chi connectivity index (χ4v) is 5.59. The van der Waals surface area contributed by atoms with Crippen molar-refractivity contribution >= 4 is 33.4 Å². The zero-order chi connectivity index (χ0) is 19.8. The molecular weight excluding hydrogens is 392 g/mol. The molecule has 0 bridgehead atoms. The van der Waals surface area contributed by atoms with E-state index in [0.29, 0.717) is 25.2 Å². The Balaban J connectivity index is 1.51. The first kappa shape index (κ1) is 20.9. The van der Waals surface area contributed by atoms with E-state index < -0.39 is 10.0 Å². The third kappa shape index (κ3) is 5.83. The maximum atomic E-state index is 12.8. The van der Waals surface area contributed by atoms with Gasteiger partial charge < -0.3 is 5.32 Å². The molecule has 0 saturated carbocycles. The quantitative estimate of drug-likeness (QED) is 0.511. The summed E-state index contributed by atoms with van der Waals surface area (Å²) >= 11 is 1.73. The largest absolute Gasteiger partial charge is 0.326 e. The molecule has 1 N–H and O–H groups in total. The first-order chi connectivity index (χ1) is 13.6. The number of nitrogens with one attached hydrogen (secondary N) is 1. The van der Waals surface area contributed by atoms with Crippen molar-refractivity contribution in [2.24, 2.45) is 0 Å². The number of benzene rings is 2. The topological polar surface area (TPSA) is 66.5 Å². The molecule has 1 fully saturated rings. The second-order valence-electron chi connectivity index (χ2n) is 6.81.